The van der Waals surface area contributed by atoms with E-state index < -0.39 is 5.97 Å². The predicted molar refractivity (Wildman–Crippen MR) is 83.4 cm³/mol. The zero-order valence-corrected chi connectivity index (χ0v) is 12.0. The lowest BCUT2D eigenvalue weighted by atomic mass is 10.1. The van der Waals surface area contributed by atoms with Crippen LogP contribution in [-0.4, -0.2) is 21.0 Å². The molecule has 0 spiro atoms. The third-order valence-electron chi connectivity index (χ3n) is 2.99. The first kappa shape index (κ1) is 15.7. The molecule has 2 aromatic carbocycles. The second-order valence-corrected chi connectivity index (χ2v) is 4.39. The number of anilines is 2. The number of nitrogens with zero attached hydrogens (tertiary/aromatic N) is 2. The summed E-state index contributed by atoms with van der Waals surface area (Å²) in [6, 6.07) is 10.5. The molecule has 7 heteroatoms. The van der Waals surface area contributed by atoms with Crippen LogP contribution < -0.4 is 5.32 Å². The van der Waals surface area contributed by atoms with Crippen LogP contribution in [0.4, 0.5) is 15.9 Å². The Morgan fingerprint density at radius 1 is 1.09 bits per heavy atom. The van der Waals surface area contributed by atoms with E-state index >= 15 is 0 Å². The smallest absolute Gasteiger partial charge is 0.335 e. The Hall–Kier alpha value is -2.73. The van der Waals surface area contributed by atoms with Crippen molar-refractivity contribution in [3.63, 3.8) is 0 Å². The number of aromatic nitrogens is 2. The van der Waals surface area contributed by atoms with Crippen LogP contribution in [0.15, 0.2) is 48.8 Å². The first-order chi connectivity index (χ1) is 10.1. The van der Waals surface area contributed by atoms with Gasteiger partial charge in [-0.3, -0.25) is 0 Å². The lowest BCUT2D eigenvalue weighted by molar-refractivity contribution is 0.0697. The summed E-state index contributed by atoms with van der Waals surface area (Å²) in [5, 5.41) is 12.7. The van der Waals surface area contributed by atoms with Crippen LogP contribution in [0.25, 0.3) is 10.9 Å². The molecular weight excluding hydrogens is 309 g/mol. The molecular formula is C15H11ClFN3O2. The molecule has 2 N–H and O–H groups in total. The highest BCUT2D eigenvalue weighted by Gasteiger charge is 2.08. The molecule has 3 aromatic rings. The van der Waals surface area contributed by atoms with Crippen LogP contribution >= 0.6 is 12.4 Å². The maximum Gasteiger partial charge on any atom is 0.335 e. The minimum Gasteiger partial charge on any atom is -0.478 e. The molecule has 0 fully saturated rings. The van der Waals surface area contributed by atoms with E-state index in [1.54, 1.807) is 18.2 Å². The highest BCUT2D eigenvalue weighted by atomic mass is 35.5. The maximum absolute atomic E-state index is 12.9. The molecule has 0 atom stereocenters. The minimum absolute atomic E-state index is 0. The Morgan fingerprint density at radius 3 is 2.50 bits per heavy atom. The zero-order valence-electron chi connectivity index (χ0n) is 11.2. The first-order valence-electron chi connectivity index (χ1n) is 6.14. The average Bonchev–Trinajstić information content (AvgIpc) is 2.49. The van der Waals surface area contributed by atoms with Crippen molar-refractivity contribution in [1.29, 1.82) is 0 Å². The van der Waals surface area contributed by atoms with E-state index in [1.807, 2.05) is 0 Å². The fourth-order valence-corrected chi connectivity index (χ4v) is 1.96. The first-order valence-corrected chi connectivity index (χ1v) is 6.14. The minimum atomic E-state index is -1.01. The third kappa shape index (κ3) is 3.12. The van der Waals surface area contributed by atoms with Gasteiger partial charge in [-0.2, -0.15) is 0 Å². The number of carbonyl (C=O) groups is 1. The second-order valence-electron chi connectivity index (χ2n) is 4.39. The van der Waals surface area contributed by atoms with E-state index in [0.717, 1.165) is 0 Å². The topological polar surface area (TPSA) is 75.1 Å². The van der Waals surface area contributed by atoms with E-state index in [-0.39, 0.29) is 23.8 Å². The summed E-state index contributed by atoms with van der Waals surface area (Å²) in [6.45, 7) is 0. The molecule has 0 aliphatic rings. The molecule has 0 saturated heterocycles. The Labute approximate surface area is 131 Å². The molecule has 0 unspecified atom stereocenters. The van der Waals surface area contributed by atoms with Crippen LogP contribution in [0.1, 0.15) is 10.4 Å². The summed E-state index contributed by atoms with van der Waals surface area (Å²) in [7, 11) is 0. The highest BCUT2D eigenvalue weighted by molar-refractivity contribution is 5.97. The predicted octanol–water partition coefficient (Wildman–Crippen LogP) is 3.63. The Kier molecular flexibility index (Phi) is 4.53. The van der Waals surface area contributed by atoms with Gasteiger partial charge in [-0.1, -0.05) is 0 Å². The van der Waals surface area contributed by atoms with Gasteiger partial charge in [0.25, 0.3) is 0 Å². The van der Waals surface area contributed by atoms with Gasteiger partial charge in [-0.25, -0.2) is 19.2 Å². The average molecular weight is 320 g/mol. The Morgan fingerprint density at radius 2 is 1.82 bits per heavy atom. The van der Waals surface area contributed by atoms with Crippen molar-refractivity contribution >= 4 is 40.8 Å². The third-order valence-corrected chi connectivity index (χ3v) is 2.99. The molecule has 1 heterocycles. The van der Waals surface area contributed by atoms with E-state index in [0.29, 0.717) is 22.4 Å². The molecule has 1 aromatic heterocycles. The van der Waals surface area contributed by atoms with Gasteiger partial charge in [0.1, 0.15) is 18.0 Å². The van der Waals surface area contributed by atoms with Crippen molar-refractivity contribution in [2.75, 3.05) is 5.32 Å². The normalized spacial score (nSPS) is 10.0. The lowest BCUT2D eigenvalue weighted by Gasteiger charge is -2.08. The SMILES string of the molecule is Cl.O=C(O)c1ccc2c(Nc3ccc(F)cc3)ncnc2c1. The van der Waals surface area contributed by atoms with Gasteiger partial charge in [0, 0.05) is 11.1 Å². The number of fused-ring (bicyclic) bond motifs is 1. The molecule has 0 saturated carbocycles. The van der Waals surface area contributed by atoms with Gasteiger partial charge in [-0.15, -0.1) is 12.4 Å². The van der Waals surface area contributed by atoms with Crippen molar-refractivity contribution in [1.82, 2.24) is 9.97 Å². The van der Waals surface area contributed by atoms with Crippen LogP contribution in [0, 0.1) is 5.82 Å². The number of rotatable bonds is 3. The van der Waals surface area contributed by atoms with Crippen LogP contribution in [0.5, 0.6) is 0 Å². The number of hydrogen-bond acceptors (Lipinski definition) is 4. The summed E-state index contributed by atoms with van der Waals surface area (Å²) >= 11 is 0. The quantitative estimate of drug-likeness (QED) is 0.771. The molecule has 5 nitrogen and oxygen atoms in total. The largest absolute Gasteiger partial charge is 0.478 e. The van der Waals surface area contributed by atoms with Gasteiger partial charge < -0.3 is 10.4 Å². The lowest BCUT2D eigenvalue weighted by Crippen LogP contribution is -1.99. The van der Waals surface area contributed by atoms with Crippen LogP contribution in [0.3, 0.4) is 0 Å². The number of aromatic carboxylic acids is 1. The van der Waals surface area contributed by atoms with E-state index in [1.165, 1.54) is 30.6 Å². The number of hydrogen-bond donors (Lipinski definition) is 2. The summed E-state index contributed by atoms with van der Waals surface area (Å²) in [5.74, 6) is -0.800. The number of halogens is 2. The van der Waals surface area contributed by atoms with Gasteiger partial charge >= 0.3 is 5.97 Å². The maximum atomic E-state index is 12.9. The van der Waals surface area contributed by atoms with Crippen molar-refractivity contribution in [3.8, 4) is 0 Å². The summed E-state index contributed by atoms with van der Waals surface area (Å²) in [4.78, 5) is 19.2. The molecule has 0 bridgehead atoms. The van der Waals surface area contributed by atoms with Gasteiger partial charge in [0.05, 0.1) is 11.1 Å². The van der Waals surface area contributed by atoms with E-state index in [9.17, 15) is 9.18 Å². The van der Waals surface area contributed by atoms with Crippen molar-refractivity contribution in [2.45, 2.75) is 0 Å². The van der Waals surface area contributed by atoms with Crippen LogP contribution in [0.2, 0.25) is 0 Å². The zero-order chi connectivity index (χ0) is 14.8. The highest BCUT2D eigenvalue weighted by Crippen LogP contribution is 2.23. The van der Waals surface area contributed by atoms with E-state index in [2.05, 4.69) is 15.3 Å². The fourth-order valence-electron chi connectivity index (χ4n) is 1.96. The Balaban J connectivity index is 0.00000176. The number of carboxylic acids is 1. The fraction of sp³-hybridized carbons (Fsp3) is 0. The molecule has 0 aliphatic heterocycles. The van der Waals surface area contributed by atoms with Gasteiger partial charge in [-0.05, 0) is 42.5 Å². The number of nitrogens with one attached hydrogen (secondary N) is 1. The molecule has 0 amide bonds. The Bertz CT molecular complexity index is 825. The van der Waals surface area contributed by atoms with Gasteiger partial charge in [0.15, 0.2) is 0 Å². The van der Waals surface area contributed by atoms with Crippen molar-refractivity contribution in [2.24, 2.45) is 0 Å². The van der Waals surface area contributed by atoms with Crippen molar-refractivity contribution in [3.05, 3.63) is 60.2 Å². The summed E-state index contributed by atoms with van der Waals surface area (Å²) in [6.07, 6.45) is 1.35. The number of benzene rings is 2. The summed E-state index contributed by atoms with van der Waals surface area (Å²) < 4.78 is 12.9. The van der Waals surface area contributed by atoms with E-state index in [4.69, 9.17) is 5.11 Å². The molecule has 0 radical (unpaired) electrons. The van der Waals surface area contributed by atoms with Crippen molar-refractivity contribution < 1.29 is 14.3 Å². The second kappa shape index (κ2) is 6.36. The summed E-state index contributed by atoms with van der Waals surface area (Å²) in [5.41, 5.74) is 1.36. The standard InChI is InChI=1S/C15H10FN3O2.ClH/c16-10-2-4-11(5-3-10)19-14-12-6-1-9(15(20)21)7-13(12)17-8-18-14;/h1-8H,(H,20,21)(H,17,18,19);1H. The molecule has 22 heavy (non-hydrogen) atoms. The monoisotopic (exact) mass is 319 g/mol. The number of carboxylic acid groups (broad SMARTS) is 1. The molecule has 0 aliphatic carbocycles. The molecule has 112 valence electrons. The van der Waals surface area contributed by atoms with Crippen LogP contribution in [-0.2, 0) is 0 Å². The van der Waals surface area contributed by atoms with Gasteiger partial charge in [0.2, 0.25) is 0 Å². The molecule has 3 rings (SSSR count).